The summed E-state index contributed by atoms with van der Waals surface area (Å²) in [7, 11) is 0. The molecule has 5 heteroatoms. The van der Waals surface area contributed by atoms with E-state index in [2.05, 4.69) is 27.4 Å². The molecule has 1 N–H and O–H groups in total. The molecule has 2 aromatic rings. The van der Waals surface area contributed by atoms with E-state index < -0.39 is 0 Å². The first-order valence-electron chi connectivity index (χ1n) is 9.08. The van der Waals surface area contributed by atoms with Crippen LogP contribution >= 0.6 is 0 Å². The summed E-state index contributed by atoms with van der Waals surface area (Å²) >= 11 is 0. The van der Waals surface area contributed by atoms with Gasteiger partial charge in [0.15, 0.2) is 0 Å². The van der Waals surface area contributed by atoms with Crippen LogP contribution in [0.3, 0.4) is 0 Å². The molecule has 1 aromatic heterocycles. The summed E-state index contributed by atoms with van der Waals surface area (Å²) in [5.41, 5.74) is 5.08. The van der Waals surface area contributed by atoms with Gasteiger partial charge in [-0.25, -0.2) is 9.97 Å². The van der Waals surface area contributed by atoms with Crippen molar-refractivity contribution in [1.29, 1.82) is 0 Å². The number of nitrogens with one attached hydrogen (secondary N) is 1. The fourth-order valence-corrected chi connectivity index (χ4v) is 2.70. The minimum absolute atomic E-state index is 0.555. The van der Waals surface area contributed by atoms with E-state index in [1.165, 1.54) is 0 Å². The molecule has 0 radical (unpaired) electrons. The highest BCUT2D eigenvalue weighted by atomic mass is 16.5. The van der Waals surface area contributed by atoms with Gasteiger partial charge in [0.05, 0.1) is 32.1 Å². The topological polar surface area (TPSA) is 56.3 Å². The van der Waals surface area contributed by atoms with E-state index >= 15 is 0 Å². The first-order valence-corrected chi connectivity index (χ1v) is 9.08. The monoisotopic (exact) mass is 363 g/mol. The third-order valence-electron chi connectivity index (χ3n) is 4.04. The Hall–Kier alpha value is -2.76. The van der Waals surface area contributed by atoms with Gasteiger partial charge < -0.3 is 14.8 Å². The molecule has 1 aliphatic rings. The maximum atomic E-state index is 5.72. The van der Waals surface area contributed by atoms with Gasteiger partial charge >= 0.3 is 0 Å². The summed E-state index contributed by atoms with van der Waals surface area (Å²) in [5.74, 6) is 0.566. The van der Waals surface area contributed by atoms with Gasteiger partial charge in [-0.05, 0) is 43.2 Å². The quantitative estimate of drug-likeness (QED) is 0.698. The Morgan fingerprint density at radius 3 is 2.70 bits per heavy atom. The number of rotatable bonds is 0. The van der Waals surface area contributed by atoms with E-state index in [0.717, 1.165) is 28.1 Å². The predicted octanol–water partition coefficient (Wildman–Crippen LogP) is 4.51. The second kappa shape index (κ2) is 9.80. The van der Waals surface area contributed by atoms with Crippen molar-refractivity contribution in [3.63, 3.8) is 0 Å². The fraction of sp³-hybridized carbons (Fsp3) is 0.273. The Balaban J connectivity index is 1.90. The van der Waals surface area contributed by atoms with Gasteiger partial charge in [0.1, 0.15) is 0 Å². The summed E-state index contributed by atoms with van der Waals surface area (Å²) < 4.78 is 11.4. The van der Waals surface area contributed by atoms with Gasteiger partial charge in [-0.3, -0.25) is 0 Å². The second-order valence-corrected chi connectivity index (χ2v) is 6.33. The van der Waals surface area contributed by atoms with Crippen LogP contribution in [0.2, 0.25) is 0 Å². The molecule has 1 aromatic carbocycles. The van der Waals surface area contributed by atoms with Crippen molar-refractivity contribution in [2.75, 3.05) is 25.1 Å². The van der Waals surface area contributed by atoms with Gasteiger partial charge in [0.25, 0.3) is 0 Å². The third kappa shape index (κ3) is 5.88. The molecule has 0 saturated heterocycles. The molecular formula is C22H25N3O2. The molecule has 140 valence electrons. The molecule has 0 fully saturated rings. The van der Waals surface area contributed by atoms with E-state index in [1.54, 1.807) is 6.20 Å². The van der Waals surface area contributed by atoms with Gasteiger partial charge in [-0.15, -0.1) is 0 Å². The van der Waals surface area contributed by atoms with E-state index in [4.69, 9.17) is 9.47 Å². The van der Waals surface area contributed by atoms with Crippen LogP contribution in [-0.2, 0) is 16.1 Å². The van der Waals surface area contributed by atoms with E-state index in [1.807, 2.05) is 56.4 Å². The van der Waals surface area contributed by atoms with Gasteiger partial charge in [0.2, 0.25) is 5.95 Å². The highest BCUT2D eigenvalue weighted by Gasteiger charge is 2.05. The summed E-state index contributed by atoms with van der Waals surface area (Å²) in [4.78, 5) is 9.00. The molecular weight excluding hydrogens is 338 g/mol. The molecule has 1 aliphatic heterocycles. The highest BCUT2D eigenvalue weighted by molar-refractivity contribution is 5.61. The number of nitrogens with zero attached hydrogens (tertiary/aromatic N) is 2. The van der Waals surface area contributed by atoms with Crippen molar-refractivity contribution >= 4 is 5.95 Å². The number of aromatic nitrogens is 2. The van der Waals surface area contributed by atoms with E-state index in [9.17, 15) is 0 Å². The Bertz CT molecular complexity index is 856. The molecule has 0 unspecified atom stereocenters. The molecule has 4 bridgehead atoms. The normalized spacial score (nSPS) is 20.7. The molecule has 0 atom stereocenters. The lowest BCUT2D eigenvalue weighted by Gasteiger charge is -2.10. The summed E-state index contributed by atoms with van der Waals surface area (Å²) in [6.07, 6.45) is 9.79. The lowest BCUT2D eigenvalue weighted by Crippen LogP contribution is -2.04. The first kappa shape index (κ1) is 19.0. The maximum absolute atomic E-state index is 5.72. The number of hydrogen-bond acceptors (Lipinski definition) is 5. The zero-order valence-corrected chi connectivity index (χ0v) is 15.8. The average Bonchev–Trinajstić information content (AvgIpc) is 2.69. The zero-order valence-electron chi connectivity index (χ0n) is 15.8. The highest BCUT2D eigenvalue weighted by Crippen LogP contribution is 2.20. The Morgan fingerprint density at radius 2 is 1.89 bits per heavy atom. The minimum Gasteiger partial charge on any atom is -0.373 e. The van der Waals surface area contributed by atoms with Crippen molar-refractivity contribution < 1.29 is 9.47 Å². The smallest absolute Gasteiger partial charge is 0.227 e. The Kier molecular flexibility index (Phi) is 6.90. The standard InChI is InChI=1S/C22H25N3O2/c1-3-20-13-17(2)15-26-11-4-5-12-27-16-18-7-6-8-19(14-18)21-9-10-23-22(24-20)25-21/h3-10,13-14H,11-12,15-16H2,1-2H3,(H,23,24,25)/b5-4+,17-13+,20-3+. The average molecular weight is 363 g/mol. The Morgan fingerprint density at radius 1 is 1.07 bits per heavy atom. The lowest BCUT2D eigenvalue weighted by molar-refractivity contribution is 0.147. The van der Waals surface area contributed by atoms with Crippen LogP contribution in [0.5, 0.6) is 0 Å². The molecule has 0 aliphatic carbocycles. The van der Waals surface area contributed by atoms with Crippen molar-refractivity contribution in [3.05, 3.63) is 77.7 Å². The van der Waals surface area contributed by atoms with Gasteiger partial charge in [-0.2, -0.15) is 0 Å². The first-order chi connectivity index (χ1) is 13.2. The number of anilines is 1. The number of allylic oxidation sites excluding steroid dienone is 2. The zero-order chi connectivity index (χ0) is 18.9. The summed E-state index contributed by atoms with van der Waals surface area (Å²) in [6, 6.07) is 10.1. The van der Waals surface area contributed by atoms with Gasteiger partial charge in [-0.1, -0.05) is 36.4 Å². The van der Waals surface area contributed by atoms with Crippen LogP contribution in [-0.4, -0.2) is 29.8 Å². The van der Waals surface area contributed by atoms with Crippen molar-refractivity contribution in [2.24, 2.45) is 0 Å². The van der Waals surface area contributed by atoms with Crippen molar-refractivity contribution in [1.82, 2.24) is 9.97 Å². The van der Waals surface area contributed by atoms with Crippen LogP contribution in [0.1, 0.15) is 19.4 Å². The molecule has 0 amide bonds. The molecule has 27 heavy (non-hydrogen) atoms. The van der Waals surface area contributed by atoms with Crippen LogP contribution < -0.4 is 5.32 Å². The van der Waals surface area contributed by atoms with Crippen LogP contribution in [0.25, 0.3) is 11.3 Å². The van der Waals surface area contributed by atoms with E-state index in [0.29, 0.717) is 32.4 Å². The number of ether oxygens (including phenoxy) is 2. The maximum Gasteiger partial charge on any atom is 0.227 e. The number of fused-ring (bicyclic) bond motifs is 5. The minimum atomic E-state index is 0.555. The molecule has 0 spiro atoms. The number of benzene rings is 1. The second-order valence-electron chi connectivity index (χ2n) is 6.33. The summed E-state index contributed by atoms with van der Waals surface area (Å²) in [6.45, 7) is 6.27. The molecule has 0 saturated carbocycles. The SMILES string of the molecule is C/C=C1\C=C(/C)COC/C=C/COCc2cccc(c2)-c2ccnc(n2)N1. The van der Waals surface area contributed by atoms with Crippen LogP contribution in [0, 0.1) is 0 Å². The van der Waals surface area contributed by atoms with Crippen molar-refractivity contribution in [3.8, 4) is 11.3 Å². The lowest BCUT2D eigenvalue weighted by atomic mass is 10.1. The summed E-state index contributed by atoms with van der Waals surface area (Å²) in [5, 5.41) is 3.28. The molecule has 2 heterocycles. The van der Waals surface area contributed by atoms with E-state index in [-0.39, 0.29) is 0 Å². The van der Waals surface area contributed by atoms with Crippen LogP contribution in [0.15, 0.2) is 72.1 Å². The van der Waals surface area contributed by atoms with Gasteiger partial charge in [0, 0.05) is 17.5 Å². The van der Waals surface area contributed by atoms with Crippen LogP contribution in [0.4, 0.5) is 5.95 Å². The Labute approximate surface area is 160 Å². The predicted molar refractivity (Wildman–Crippen MR) is 108 cm³/mol. The number of hydrogen-bond donors (Lipinski definition) is 1. The molecule has 3 rings (SSSR count). The fourth-order valence-electron chi connectivity index (χ4n) is 2.70. The third-order valence-corrected chi connectivity index (χ3v) is 4.04. The van der Waals surface area contributed by atoms with Crippen molar-refractivity contribution in [2.45, 2.75) is 20.5 Å². The largest absolute Gasteiger partial charge is 0.373 e. The molecule has 5 nitrogen and oxygen atoms in total.